The molecule has 0 aliphatic heterocycles. The first-order chi connectivity index (χ1) is 5.79. The van der Waals surface area contributed by atoms with E-state index in [2.05, 4.69) is 6.08 Å². The normalized spacial score (nSPS) is 17.2. The molecule has 0 heterocycles. The molecule has 0 spiro atoms. The number of hydrogen-bond acceptors (Lipinski definition) is 1. The van der Waals surface area contributed by atoms with Gasteiger partial charge in [-0.25, -0.2) is 0 Å². The number of hydrogen-bond donors (Lipinski definition) is 1. The molecule has 0 atom stereocenters. The highest BCUT2D eigenvalue weighted by atomic mass is 16.4. The van der Waals surface area contributed by atoms with Gasteiger partial charge in [-0.1, -0.05) is 11.6 Å². The van der Waals surface area contributed by atoms with Gasteiger partial charge in [-0.2, -0.15) is 0 Å². The molecule has 0 amide bonds. The van der Waals surface area contributed by atoms with E-state index in [0.29, 0.717) is 6.42 Å². The summed E-state index contributed by atoms with van der Waals surface area (Å²) >= 11 is 0. The molecular formula is C10H16O2. The van der Waals surface area contributed by atoms with E-state index in [9.17, 15) is 4.79 Å². The Kier molecular flexibility index (Phi) is 3.85. The lowest BCUT2D eigenvalue weighted by molar-refractivity contribution is -0.137. The van der Waals surface area contributed by atoms with Gasteiger partial charge in [0, 0.05) is 6.42 Å². The molecule has 2 heteroatoms. The van der Waals surface area contributed by atoms with Gasteiger partial charge in [0.1, 0.15) is 0 Å². The summed E-state index contributed by atoms with van der Waals surface area (Å²) in [7, 11) is 0. The van der Waals surface area contributed by atoms with Crippen molar-refractivity contribution in [2.24, 2.45) is 0 Å². The lowest BCUT2D eigenvalue weighted by Gasteiger charge is -2.11. The van der Waals surface area contributed by atoms with Gasteiger partial charge in [0.15, 0.2) is 0 Å². The van der Waals surface area contributed by atoms with E-state index in [4.69, 9.17) is 5.11 Å². The van der Waals surface area contributed by atoms with Crippen LogP contribution in [0.1, 0.15) is 44.9 Å². The van der Waals surface area contributed by atoms with Crippen molar-refractivity contribution in [1.82, 2.24) is 0 Å². The molecule has 0 unspecified atom stereocenters. The average Bonchev–Trinajstić information content (AvgIpc) is 2.05. The molecule has 0 aromatic heterocycles. The third-order valence-electron chi connectivity index (χ3n) is 2.27. The Bertz CT molecular complexity index is 182. The van der Waals surface area contributed by atoms with Gasteiger partial charge in [0.2, 0.25) is 0 Å². The van der Waals surface area contributed by atoms with Crippen LogP contribution in [0.3, 0.4) is 0 Å². The third kappa shape index (κ3) is 3.56. The van der Waals surface area contributed by atoms with Gasteiger partial charge in [-0.05, 0) is 38.5 Å². The highest BCUT2D eigenvalue weighted by Crippen LogP contribution is 2.21. The van der Waals surface area contributed by atoms with Crippen LogP contribution in [0.15, 0.2) is 11.6 Å². The van der Waals surface area contributed by atoms with E-state index in [0.717, 1.165) is 12.8 Å². The minimum Gasteiger partial charge on any atom is -0.481 e. The average molecular weight is 168 g/mol. The van der Waals surface area contributed by atoms with Crippen molar-refractivity contribution in [2.75, 3.05) is 0 Å². The highest BCUT2D eigenvalue weighted by Gasteiger charge is 2.04. The number of allylic oxidation sites excluding steroid dienone is 2. The first-order valence-corrected chi connectivity index (χ1v) is 4.69. The van der Waals surface area contributed by atoms with Gasteiger partial charge in [0.25, 0.3) is 0 Å². The predicted octanol–water partition coefficient (Wildman–Crippen LogP) is 2.74. The summed E-state index contributed by atoms with van der Waals surface area (Å²) in [5.74, 6) is -0.675. The van der Waals surface area contributed by atoms with Crippen molar-refractivity contribution in [3.63, 3.8) is 0 Å². The molecule has 12 heavy (non-hydrogen) atoms. The molecule has 68 valence electrons. The van der Waals surface area contributed by atoms with Gasteiger partial charge in [0.05, 0.1) is 0 Å². The van der Waals surface area contributed by atoms with Crippen LogP contribution >= 0.6 is 0 Å². The second kappa shape index (κ2) is 4.96. The predicted molar refractivity (Wildman–Crippen MR) is 48.0 cm³/mol. The fraction of sp³-hybridized carbons (Fsp3) is 0.700. The summed E-state index contributed by atoms with van der Waals surface area (Å²) in [6, 6.07) is 0. The molecule has 1 aliphatic carbocycles. The zero-order valence-electron chi connectivity index (χ0n) is 7.38. The van der Waals surface area contributed by atoms with Crippen LogP contribution in [0, 0.1) is 0 Å². The zero-order valence-corrected chi connectivity index (χ0v) is 7.38. The van der Waals surface area contributed by atoms with Crippen LogP contribution in [-0.2, 0) is 4.79 Å². The Morgan fingerprint density at radius 2 is 2.33 bits per heavy atom. The summed E-state index contributed by atoms with van der Waals surface area (Å²) < 4.78 is 0. The van der Waals surface area contributed by atoms with Gasteiger partial charge >= 0.3 is 5.97 Å². The largest absolute Gasteiger partial charge is 0.481 e. The minimum absolute atomic E-state index is 0.317. The maximum absolute atomic E-state index is 10.2. The summed E-state index contributed by atoms with van der Waals surface area (Å²) in [6.45, 7) is 0. The molecule has 0 fully saturated rings. The van der Waals surface area contributed by atoms with E-state index in [1.165, 1.54) is 31.3 Å². The fourth-order valence-electron chi connectivity index (χ4n) is 1.60. The van der Waals surface area contributed by atoms with E-state index >= 15 is 0 Å². The van der Waals surface area contributed by atoms with Crippen LogP contribution in [0.5, 0.6) is 0 Å². The Hall–Kier alpha value is -0.790. The second-order valence-electron chi connectivity index (χ2n) is 3.36. The monoisotopic (exact) mass is 168 g/mol. The van der Waals surface area contributed by atoms with Crippen molar-refractivity contribution in [3.8, 4) is 0 Å². The molecule has 0 saturated heterocycles. The van der Waals surface area contributed by atoms with Crippen LogP contribution in [-0.4, -0.2) is 11.1 Å². The van der Waals surface area contributed by atoms with Crippen molar-refractivity contribution in [3.05, 3.63) is 11.6 Å². The molecule has 0 aromatic carbocycles. The maximum atomic E-state index is 10.2. The minimum atomic E-state index is -0.675. The maximum Gasteiger partial charge on any atom is 0.303 e. The molecule has 0 bridgehead atoms. The second-order valence-corrected chi connectivity index (χ2v) is 3.36. The smallest absolute Gasteiger partial charge is 0.303 e. The third-order valence-corrected chi connectivity index (χ3v) is 2.27. The van der Waals surface area contributed by atoms with E-state index < -0.39 is 5.97 Å². The van der Waals surface area contributed by atoms with E-state index in [1.54, 1.807) is 0 Å². The first kappa shape index (κ1) is 9.30. The molecule has 1 aliphatic rings. The standard InChI is InChI=1S/C10H16O2/c11-10(12)8-4-7-9-5-2-1-3-6-9/h5H,1-4,6-8H2,(H,11,12). The Labute approximate surface area is 73.3 Å². The topological polar surface area (TPSA) is 37.3 Å². The summed E-state index contributed by atoms with van der Waals surface area (Å²) in [5.41, 5.74) is 1.47. The van der Waals surface area contributed by atoms with Gasteiger partial charge < -0.3 is 5.11 Å². The summed E-state index contributed by atoms with van der Waals surface area (Å²) in [6.07, 6.45) is 9.39. The molecule has 0 aromatic rings. The summed E-state index contributed by atoms with van der Waals surface area (Å²) in [5, 5.41) is 8.42. The van der Waals surface area contributed by atoms with Crippen LogP contribution in [0.2, 0.25) is 0 Å². The number of aliphatic carboxylic acids is 1. The molecule has 1 rings (SSSR count). The number of carboxylic acids is 1. The molecule has 2 nitrogen and oxygen atoms in total. The fourth-order valence-corrected chi connectivity index (χ4v) is 1.60. The van der Waals surface area contributed by atoms with Crippen LogP contribution < -0.4 is 0 Å². The van der Waals surface area contributed by atoms with Crippen molar-refractivity contribution >= 4 is 5.97 Å². The SMILES string of the molecule is O=C(O)CCCC1=CCCCC1. The van der Waals surface area contributed by atoms with Crippen LogP contribution in [0.4, 0.5) is 0 Å². The van der Waals surface area contributed by atoms with Gasteiger partial charge in [-0.3, -0.25) is 4.79 Å². The van der Waals surface area contributed by atoms with Gasteiger partial charge in [-0.15, -0.1) is 0 Å². The summed E-state index contributed by atoms with van der Waals surface area (Å²) in [4.78, 5) is 10.2. The van der Waals surface area contributed by atoms with E-state index in [1.807, 2.05) is 0 Å². The van der Waals surface area contributed by atoms with Crippen LogP contribution in [0.25, 0.3) is 0 Å². The van der Waals surface area contributed by atoms with Crippen molar-refractivity contribution in [2.45, 2.75) is 44.9 Å². The molecule has 1 N–H and O–H groups in total. The van der Waals surface area contributed by atoms with E-state index in [-0.39, 0.29) is 0 Å². The number of rotatable bonds is 4. The Balaban J connectivity index is 2.13. The Morgan fingerprint density at radius 3 is 2.92 bits per heavy atom. The lowest BCUT2D eigenvalue weighted by Crippen LogP contribution is -1.96. The molecular weight excluding hydrogens is 152 g/mol. The highest BCUT2D eigenvalue weighted by molar-refractivity contribution is 5.66. The number of carboxylic acid groups (broad SMARTS) is 1. The number of carbonyl (C=O) groups is 1. The first-order valence-electron chi connectivity index (χ1n) is 4.69. The quantitative estimate of drug-likeness (QED) is 0.655. The molecule has 0 radical (unpaired) electrons. The lowest BCUT2D eigenvalue weighted by atomic mass is 9.95. The van der Waals surface area contributed by atoms with Crippen molar-refractivity contribution < 1.29 is 9.90 Å². The van der Waals surface area contributed by atoms with Crippen molar-refractivity contribution in [1.29, 1.82) is 0 Å². The Morgan fingerprint density at radius 1 is 1.50 bits per heavy atom. The zero-order chi connectivity index (χ0) is 8.81. The molecule has 0 saturated carbocycles.